The highest BCUT2D eigenvalue weighted by molar-refractivity contribution is 5.92. The van der Waals surface area contributed by atoms with Crippen molar-refractivity contribution in [2.75, 3.05) is 26.2 Å². The molecule has 2 aliphatic heterocycles. The van der Waals surface area contributed by atoms with Gasteiger partial charge in [-0.2, -0.15) is 0 Å². The van der Waals surface area contributed by atoms with Crippen molar-refractivity contribution in [1.82, 2.24) is 14.8 Å². The topological polar surface area (TPSA) is 53.5 Å². The maximum absolute atomic E-state index is 12.7. The van der Waals surface area contributed by atoms with Crippen LogP contribution in [0.1, 0.15) is 61.1 Å². The Hall–Kier alpha value is -2.17. The Morgan fingerprint density at radius 3 is 2.36 bits per heavy atom. The number of hydrogen-bond acceptors (Lipinski definition) is 3. The van der Waals surface area contributed by atoms with Crippen LogP contribution in [0.5, 0.6) is 0 Å². The lowest BCUT2D eigenvalue weighted by atomic mass is 9.65. The summed E-state index contributed by atoms with van der Waals surface area (Å²) in [7, 11) is 0. The van der Waals surface area contributed by atoms with Gasteiger partial charge >= 0.3 is 0 Å². The van der Waals surface area contributed by atoms with Gasteiger partial charge in [-0.25, -0.2) is 4.98 Å². The van der Waals surface area contributed by atoms with Gasteiger partial charge in [-0.1, -0.05) is 18.2 Å². The average molecular weight is 382 g/mol. The molecule has 2 fully saturated rings. The third kappa shape index (κ3) is 4.13. The first-order valence-electron chi connectivity index (χ1n) is 10.7. The molecule has 4 rings (SSSR count). The molecule has 0 bridgehead atoms. The molecular weight excluding hydrogens is 350 g/mol. The van der Waals surface area contributed by atoms with Gasteiger partial charge in [0.2, 0.25) is 5.91 Å². The van der Waals surface area contributed by atoms with Crippen LogP contribution in [0.25, 0.3) is 0 Å². The van der Waals surface area contributed by atoms with E-state index in [1.165, 1.54) is 12.8 Å². The number of aromatic nitrogens is 1. The van der Waals surface area contributed by atoms with E-state index < -0.39 is 0 Å². The van der Waals surface area contributed by atoms with Crippen molar-refractivity contribution in [3.05, 3.63) is 41.7 Å². The third-order valence-corrected chi connectivity index (χ3v) is 7.02. The predicted octanol–water partition coefficient (Wildman–Crippen LogP) is 3.59. The number of rotatable bonds is 3. The molecule has 3 heterocycles. The van der Waals surface area contributed by atoms with Crippen LogP contribution in [0.15, 0.2) is 30.4 Å². The SMILES string of the molecule is Cc1cccc(C(=O)N2CCC3(CCC(CC(=O)N4CC=CC4)CC3)CC2)n1. The van der Waals surface area contributed by atoms with Gasteiger partial charge < -0.3 is 9.80 Å². The Bertz CT molecular complexity index is 747. The van der Waals surface area contributed by atoms with E-state index in [0.717, 1.165) is 57.6 Å². The van der Waals surface area contributed by atoms with Crippen LogP contribution in [-0.4, -0.2) is 52.8 Å². The van der Waals surface area contributed by atoms with Crippen molar-refractivity contribution in [2.24, 2.45) is 11.3 Å². The van der Waals surface area contributed by atoms with Crippen molar-refractivity contribution >= 4 is 11.8 Å². The van der Waals surface area contributed by atoms with Crippen molar-refractivity contribution in [3.63, 3.8) is 0 Å². The third-order valence-electron chi connectivity index (χ3n) is 7.02. The van der Waals surface area contributed by atoms with Crippen LogP contribution in [0, 0.1) is 18.3 Å². The maximum Gasteiger partial charge on any atom is 0.272 e. The lowest BCUT2D eigenvalue weighted by Gasteiger charge is -2.46. The van der Waals surface area contributed by atoms with Crippen molar-refractivity contribution in [3.8, 4) is 0 Å². The lowest BCUT2D eigenvalue weighted by molar-refractivity contribution is -0.131. The van der Waals surface area contributed by atoms with E-state index in [4.69, 9.17) is 0 Å². The lowest BCUT2D eigenvalue weighted by Crippen LogP contribution is -2.45. The number of aryl methyl sites for hydroxylation is 1. The van der Waals surface area contributed by atoms with Gasteiger partial charge in [-0.3, -0.25) is 9.59 Å². The molecule has 1 aliphatic carbocycles. The molecule has 1 spiro atoms. The first-order chi connectivity index (χ1) is 13.5. The van der Waals surface area contributed by atoms with E-state index in [2.05, 4.69) is 17.1 Å². The molecule has 5 nitrogen and oxygen atoms in total. The number of hydrogen-bond donors (Lipinski definition) is 0. The molecule has 0 aromatic carbocycles. The van der Waals surface area contributed by atoms with Crippen LogP contribution in [-0.2, 0) is 4.79 Å². The zero-order valence-electron chi connectivity index (χ0n) is 16.9. The zero-order chi connectivity index (χ0) is 19.6. The minimum Gasteiger partial charge on any atom is -0.337 e. The molecule has 1 aromatic heterocycles. The highest BCUT2D eigenvalue weighted by Gasteiger charge is 2.39. The predicted molar refractivity (Wildman–Crippen MR) is 109 cm³/mol. The van der Waals surface area contributed by atoms with E-state index in [1.54, 1.807) is 0 Å². The van der Waals surface area contributed by atoms with Gasteiger partial charge in [0.15, 0.2) is 0 Å². The first kappa shape index (κ1) is 19.2. The summed E-state index contributed by atoms with van der Waals surface area (Å²) in [4.78, 5) is 33.5. The van der Waals surface area contributed by atoms with Gasteiger partial charge in [0, 0.05) is 38.3 Å². The van der Waals surface area contributed by atoms with Crippen LogP contribution in [0.4, 0.5) is 0 Å². The first-order valence-corrected chi connectivity index (χ1v) is 10.7. The van der Waals surface area contributed by atoms with Gasteiger partial charge in [-0.05, 0) is 68.9 Å². The molecule has 3 aliphatic rings. The van der Waals surface area contributed by atoms with Crippen LogP contribution < -0.4 is 0 Å². The molecule has 0 N–H and O–H groups in total. The van der Waals surface area contributed by atoms with E-state index in [9.17, 15) is 9.59 Å². The largest absolute Gasteiger partial charge is 0.337 e. The molecule has 1 aromatic rings. The van der Waals surface area contributed by atoms with Crippen molar-refractivity contribution in [2.45, 2.75) is 51.9 Å². The summed E-state index contributed by atoms with van der Waals surface area (Å²) < 4.78 is 0. The highest BCUT2D eigenvalue weighted by Crippen LogP contribution is 2.47. The monoisotopic (exact) mass is 381 g/mol. The zero-order valence-corrected chi connectivity index (χ0v) is 16.9. The number of piperidine rings is 1. The second kappa shape index (κ2) is 8.06. The minimum absolute atomic E-state index is 0.0667. The summed E-state index contributed by atoms with van der Waals surface area (Å²) in [5.41, 5.74) is 1.83. The number of likely N-dealkylation sites (tertiary alicyclic amines) is 1. The Kier molecular flexibility index (Phi) is 5.51. The van der Waals surface area contributed by atoms with E-state index in [1.807, 2.05) is 34.9 Å². The van der Waals surface area contributed by atoms with Gasteiger partial charge in [0.1, 0.15) is 5.69 Å². The molecule has 150 valence electrons. The maximum atomic E-state index is 12.7. The van der Waals surface area contributed by atoms with Crippen molar-refractivity contribution < 1.29 is 9.59 Å². The number of pyridine rings is 1. The Labute approximate surface area is 167 Å². The molecule has 1 saturated heterocycles. The quantitative estimate of drug-likeness (QED) is 0.752. The molecule has 28 heavy (non-hydrogen) atoms. The molecule has 0 radical (unpaired) electrons. The summed E-state index contributed by atoms with van der Waals surface area (Å²) in [5, 5.41) is 0. The van der Waals surface area contributed by atoms with E-state index >= 15 is 0 Å². The summed E-state index contributed by atoms with van der Waals surface area (Å²) in [5.74, 6) is 0.920. The fraction of sp³-hybridized carbons (Fsp3) is 0.609. The van der Waals surface area contributed by atoms with Crippen LogP contribution in [0.3, 0.4) is 0 Å². The smallest absolute Gasteiger partial charge is 0.272 e. The number of carbonyl (C=O) groups is 2. The fourth-order valence-corrected chi connectivity index (χ4v) is 5.06. The normalized spacial score (nSPS) is 22.0. The van der Waals surface area contributed by atoms with E-state index in [-0.39, 0.29) is 5.91 Å². The van der Waals surface area contributed by atoms with E-state index in [0.29, 0.717) is 29.4 Å². The molecule has 5 heteroatoms. The van der Waals surface area contributed by atoms with Crippen LogP contribution in [0.2, 0.25) is 0 Å². The molecule has 0 unspecified atom stereocenters. The second-order valence-electron chi connectivity index (χ2n) is 8.87. The minimum atomic E-state index is 0.0667. The van der Waals surface area contributed by atoms with Gasteiger partial charge in [0.25, 0.3) is 5.91 Å². The summed E-state index contributed by atoms with van der Waals surface area (Å²) in [6.45, 7) is 5.16. The van der Waals surface area contributed by atoms with Gasteiger partial charge in [0.05, 0.1) is 0 Å². The summed E-state index contributed by atoms with van der Waals surface area (Å²) >= 11 is 0. The molecule has 1 saturated carbocycles. The Morgan fingerprint density at radius 2 is 1.71 bits per heavy atom. The summed E-state index contributed by atoms with van der Waals surface area (Å²) in [6.07, 6.45) is 11.7. The number of amides is 2. The Balaban J connectivity index is 1.26. The van der Waals surface area contributed by atoms with Crippen LogP contribution >= 0.6 is 0 Å². The number of nitrogens with zero attached hydrogens (tertiary/aromatic N) is 3. The Morgan fingerprint density at radius 1 is 1.04 bits per heavy atom. The number of carbonyl (C=O) groups excluding carboxylic acids is 2. The van der Waals surface area contributed by atoms with Crippen molar-refractivity contribution in [1.29, 1.82) is 0 Å². The average Bonchev–Trinajstić information content (AvgIpc) is 3.25. The summed E-state index contributed by atoms with van der Waals surface area (Å²) in [6, 6.07) is 5.64. The van der Waals surface area contributed by atoms with Gasteiger partial charge in [-0.15, -0.1) is 0 Å². The molecular formula is C23H31N3O2. The fourth-order valence-electron chi connectivity index (χ4n) is 5.06. The second-order valence-corrected chi connectivity index (χ2v) is 8.87. The highest BCUT2D eigenvalue weighted by atomic mass is 16.2. The molecule has 0 atom stereocenters. The standard InChI is InChI=1S/C23H31N3O2/c1-18-5-4-6-20(24-18)22(28)26-15-11-23(12-16-26)9-7-19(8-10-23)17-21(27)25-13-2-3-14-25/h2-6,19H,7-17H2,1H3. The molecule has 2 amide bonds.